The minimum atomic E-state index is 0.0149. The summed E-state index contributed by atoms with van der Waals surface area (Å²) in [5.41, 5.74) is 15.3. The molecule has 2 aliphatic carbocycles. The monoisotopic (exact) mass is 501 g/mol. The molecule has 3 aliphatic rings. The average molecular weight is 502 g/mol. The first kappa shape index (κ1) is 22.6. The van der Waals surface area contributed by atoms with Crippen LogP contribution in [0, 0.1) is 6.92 Å². The van der Waals surface area contributed by atoms with E-state index in [0.29, 0.717) is 0 Å². The van der Waals surface area contributed by atoms with E-state index in [1.54, 1.807) is 0 Å². The molecule has 1 nitrogen and oxygen atoms in total. The molecule has 0 bridgehead atoms. The summed E-state index contributed by atoms with van der Waals surface area (Å²) >= 11 is 0. The lowest BCUT2D eigenvalue weighted by Gasteiger charge is -2.32. The van der Waals surface area contributed by atoms with E-state index in [2.05, 4.69) is 141 Å². The van der Waals surface area contributed by atoms with Gasteiger partial charge in [-0.1, -0.05) is 111 Å². The number of rotatable bonds is 2. The average Bonchev–Trinajstić information content (AvgIpc) is 3.41. The van der Waals surface area contributed by atoms with E-state index in [0.717, 1.165) is 6.42 Å². The van der Waals surface area contributed by atoms with E-state index in [-0.39, 0.29) is 11.5 Å². The zero-order valence-electron chi connectivity index (χ0n) is 22.7. The number of para-hydroxylation sites is 1. The van der Waals surface area contributed by atoms with E-state index in [9.17, 15) is 0 Å². The number of allylic oxidation sites excluding steroid dienone is 2. The molecule has 0 aromatic heterocycles. The molecule has 0 saturated carbocycles. The predicted octanol–water partition coefficient (Wildman–Crippen LogP) is 9.87. The predicted molar refractivity (Wildman–Crippen MR) is 165 cm³/mol. The largest absolute Gasteiger partial charge is 0.333 e. The number of benzene rings is 5. The zero-order valence-corrected chi connectivity index (χ0v) is 22.7. The maximum absolute atomic E-state index is 2.61. The summed E-state index contributed by atoms with van der Waals surface area (Å²) in [6.45, 7) is 7.10. The first-order chi connectivity index (χ1) is 19.0. The Hall–Kier alpha value is -4.36. The van der Waals surface area contributed by atoms with Crippen molar-refractivity contribution >= 4 is 33.3 Å². The highest BCUT2D eigenvalue weighted by Crippen LogP contribution is 2.58. The molecule has 0 spiro atoms. The molecule has 1 heteroatoms. The fourth-order valence-corrected chi connectivity index (χ4v) is 7.51. The summed E-state index contributed by atoms with van der Waals surface area (Å²) < 4.78 is 0. The van der Waals surface area contributed by atoms with Crippen molar-refractivity contribution in [3.8, 4) is 11.1 Å². The quantitative estimate of drug-likeness (QED) is 0.233. The molecule has 0 amide bonds. The van der Waals surface area contributed by atoms with Crippen LogP contribution in [0.3, 0.4) is 0 Å². The molecule has 8 rings (SSSR count). The molecule has 1 atom stereocenters. The molecular formula is C38H31N. The molecule has 0 saturated heterocycles. The van der Waals surface area contributed by atoms with Crippen LogP contribution in [-0.4, -0.2) is 6.04 Å². The fourth-order valence-electron chi connectivity index (χ4n) is 7.51. The highest BCUT2D eigenvalue weighted by Gasteiger charge is 2.45. The van der Waals surface area contributed by atoms with Crippen molar-refractivity contribution in [2.75, 3.05) is 4.90 Å². The zero-order chi connectivity index (χ0) is 26.3. The summed E-state index contributed by atoms with van der Waals surface area (Å²) in [6.07, 6.45) is 3.57. The van der Waals surface area contributed by atoms with Gasteiger partial charge in [0.2, 0.25) is 0 Å². The van der Waals surface area contributed by atoms with Crippen molar-refractivity contribution < 1.29 is 0 Å². The molecule has 0 radical (unpaired) electrons. The van der Waals surface area contributed by atoms with Crippen molar-refractivity contribution in [2.45, 2.75) is 38.6 Å². The van der Waals surface area contributed by atoms with Crippen molar-refractivity contribution in [3.05, 3.63) is 143 Å². The highest BCUT2D eigenvalue weighted by atomic mass is 15.2. The number of aryl methyl sites for hydroxylation is 1. The highest BCUT2D eigenvalue weighted by molar-refractivity contribution is 6.03. The molecule has 0 N–H and O–H groups in total. The Morgan fingerprint density at radius 2 is 1.46 bits per heavy atom. The van der Waals surface area contributed by atoms with Gasteiger partial charge >= 0.3 is 0 Å². The Bertz CT molecular complexity index is 1860. The SMILES string of the molecule is Cc1cc(-c2cccc3ccccc23)cc2c1C1=CC3=C(CC1N2c1ccccc1)c1ccccc1C3(C)C. The van der Waals surface area contributed by atoms with Crippen LogP contribution in [0.1, 0.15) is 42.5 Å². The Morgan fingerprint density at radius 3 is 2.33 bits per heavy atom. The topological polar surface area (TPSA) is 3.24 Å². The van der Waals surface area contributed by atoms with E-state index in [4.69, 9.17) is 0 Å². The summed E-state index contributed by atoms with van der Waals surface area (Å²) in [6, 6.07) is 40.6. The van der Waals surface area contributed by atoms with Gasteiger partial charge in [0, 0.05) is 16.7 Å². The Morgan fingerprint density at radius 1 is 0.744 bits per heavy atom. The van der Waals surface area contributed by atoms with Crippen LogP contribution in [-0.2, 0) is 5.41 Å². The van der Waals surface area contributed by atoms with E-state index in [1.807, 2.05) is 0 Å². The van der Waals surface area contributed by atoms with Crippen molar-refractivity contribution in [1.82, 2.24) is 0 Å². The van der Waals surface area contributed by atoms with Crippen LogP contribution in [0.2, 0.25) is 0 Å². The second kappa shape index (κ2) is 8.07. The van der Waals surface area contributed by atoms with Gasteiger partial charge in [0.15, 0.2) is 0 Å². The van der Waals surface area contributed by atoms with Crippen molar-refractivity contribution in [3.63, 3.8) is 0 Å². The lowest BCUT2D eigenvalue weighted by atomic mass is 9.77. The van der Waals surface area contributed by atoms with E-state index in [1.165, 1.54) is 72.2 Å². The Balaban J connectivity index is 1.37. The Labute approximate surface area is 230 Å². The fraction of sp³-hybridized carbons (Fsp3) is 0.158. The standard InChI is InChI=1S/C38H31N/c1-24-20-26(29-18-11-13-25-12-7-8-16-28(25)29)21-36-37(24)32-22-34-31(30-17-9-10-19-33(30)38(34,2)3)23-35(32)39(36)27-14-5-4-6-15-27/h4-22,35H,23H2,1-3H3. The number of hydrogen-bond acceptors (Lipinski definition) is 1. The van der Waals surface area contributed by atoms with Gasteiger partial charge in [-0.15, -0.1) is 0 Å². The third kappa shape index (κ3) is 3.14. The Kier molecular flexibility index (Phi) is 4.68. The third-order valence-corrected chi connectivity index (χ3v) is 9.29. The molecule has 0 fully saturated rings. The van der Waals surface area contributed by atoms with Crippen molar-refractivity contribution in [2.24, 2.45) is 0 Å². The number of anilines is 2. The van der Waals surface area contributed by atoms with Crippen LogP contribution in [0.25, 0.3) is 33.0 Å². The normalized spacial score (nSPS) is 18.5. The van der Waals surface area contributed by atoms with Crippen LogP contribution < -0.4 is 4.90 Å². The van der Waals surface area contributed by atoms with Crippen LogP contribution in [0.15, 0.2) is 121 Å². The molecular weight excluding hydrogens is 470 g/mol. The van der Waals surface area contributed by atoms with Gasteiger partial charge in [0.05, 0.1) is 11.7 Å². The maximum Gasteiger partial charge on any atom is 0.0639 e. The van der Waals surface area contributed by atoms with Gasteiger partial charge in [0.1, 0.15) is 0 Å². The van der Waals surface area contributed by atoms with Crippen LogP contribution >= 0.6 is 0 Å². The van der Waals surface area contributed by atoms with Gasteiger partial charge in [-0.3, -0.25) is 0 Å². The minimum Gasteiger partial charge on any atom is -0.333 e. The second-order valence-electron chi connectivity index (χ2n) is 11.8. The number of nitrogens with zero attached hydrogens (tertiary/aromatic N) is 1. The number of hydrogen-bond donors (Lipinski definition) is 0. The van der Waals surface area contributed by atoms with Crippen LogP contribution in [0.5, 0.6) is 0 Å². The smallest absolute Gasteiger partial charge is 0.0639 e. The summed E-state index contributed by atoms with van der Waals surface area (Å²) in [5, 5.41) is 2.59. The first-order valence-corrected chi connectivity index (χ1v) is 14.0. The lowest BCUT2D eigenvalue weighted by Crippen LogP contribution is -2.29. The van der Waals surface area contributed by atoms with Gasteiger partial charge in [-0.2, -0.15) is 0 Å². The summed E-state index contributed by atoms with van der Waals surface area (Å²) in [7, 11) is 0. The van der Waals surface area contributed by atoms with Gasteiger partial charge < -0.3 is 4.90 Å². The molecule has 188 valence electrons. The summed E-state index contributed by atoms with van der Waals surface area (Å²) in [4.78, 5) is 2.61. The second-order valence-corrected chi connectivity index (χ2v) is 11.8. The van der Waals surface area contributed by atoms with Gasteiger partial charge in [-0.25, -0.2) is 0 Å². The number of fused-ring (bicyclic) bond motifs is 6. The van der Waals surface area contributed by atoms with E-state index >= 15 is 0 Å². The maximum atomic E-state index is 2.61. The van der Waals surface area contributed by atoms with E-state index < -0.39 is 0 Å². The van der Waals surface area contributed by atoms with Crippen LogP contribution in [0.4, 0.5) is 11.4 Å². The third-order valence-electron chi connectivity index (χ3n) is 9.29. The van der Waals surface area contributed by atoms with Crippen molar-refractivity contribution in [1.29, 1.82) is 0 Å². The molecule has 1 heterocycles. The van der Waals surface area contributed by atoms with Gasteiger partial charge in [0.25, 0.3) is 0 Å². The molecule has 1 aliphatic heterocycles. The first-order valence-electron chi connectivity index (χ1n) is 14.0. The molecule has 5 aromatic carbocycles. The molecule has 39 heavy (non-hydrogen) atoms. The molecule has 1 unspecified atom stereocenters. The van der Waals surface area contributed by atoms with Gasteiger partial charge in [-0.05, 0) is 86.9 Å². The summed E-state index contributed by atoms with van der Waals surface area (Å²) in [5.74, 6) is 0. The minimum absolute atomic E-state index is 0.0149. The molecule has 5 aromatic rings. The lowest BCUT2D eigenvalue weighted by molar-refractivity contribution is 0.650.